The van der Waals surface area contributed by atoms with Gasteiger partial charge in [0.25, 0.3) is 5.91 Å². The Labute approximate surface area is 261 Å². The number of anilines is 2. The zero-order chi connectivity index (χ0) is 30.5. The highest BCUT2D eigenvalue weighted by molar-refractivity contribution is 7.14. The Hall–Kier alpha value is -4.79. The second-order valence-electron chi connectivity index (χ2n) is 10.2. The molecule has 0 saturated carbocycles. The minimum atomic E-state index is -0.405. The number of piperidine rings is 1. The van der Waals surface area contributed by atoms with Gasteiger partial charge >= 0.3 is 5.91 Å². The zero-order valence-corrected chi connectivity index (χ0v) is 25.2. The van der Waals surface area contributed by atoms with Gasteiger partial charge in [0.2, 0.25) is 16.2 Å². The van der Waals surface area contributed by atoms with E-state index in [1.54, 1.807) is 18.3 Å². The first-order valence-electron chi connectivity index (χ1n) is 14.0. The van der Waals surface area contributed by atoms with Gasteiger partial charge in [-0.15, -0.1) is 22.7 Å². The number of thiazole rings is 2. The number of nitrogens with one attached hydrogen (secondary N) is 2. The molecule has 0 aliphatic carbocycles. The molecule has 4 heterocycles. The van der Waals surface area contributed by atoms with Crippen molar-refractivity contribution in [3.63, 3.8) is 0 Å². The monoisotopic (exact) mass is 627 g/mol. The van der Waals surface area contributed by atoms with E-state index in [-0.39, 0.29) is 23.4 Å². The molecule has 0 bridgehead atoms. The third-order valence-corrected chi connectivity index (χ3v) is 8.88. The van der Waals surface area contributed by atoms with E-state index in [1.165, 1.54) is 27.7 Å². The van der Waals surface area contributed by atoms with Crippen molar-refractivity contribution in [2.45, 2.75) is 12.8 Å². The summed E-state index contributed by atoms with van der Waals surface area (Å²) in [5.74, 6) is -0.847. The lowest BCUT2D eigenvalue weighted by molar-refractivity contribution is -0.123. The summed E-state index contributed by atoms with van der Waals surface area (Å²) in [5.41, 5.74) is 11.6. The molecule has 2 aromatic heterocycles. The molecule has 0 unspecified atom stereocenters. The number of hydrazone groups is 2. The fraction of sp³-hybridized carbons (Fsp3) is 0.233. The van der Waals surface area contributed by atoms with Gasteiger partial charge in [-0.05, 0) is 38.1 Å². The molecule has 3 amide bonds. The molecule has 2 aliphatic rings. The SMILES string of the molecule is NC(=O)C1CCN(CCNC(=O)c2ccc(-c3csc(N4N=C(c5ccccc5)C(=NNc5nccs5)C4=O)n3)cc2)CC1. The summed E-state index contributed by atoms with van der Waals surface area (Å²) in [6, 6.07) is 16.5. The van der Waals surface area contributed by atoms with Crippen molar-refractivity contribution in [3.8, 4) is 11.3 Å². The molecule has 14 heteroatoms. The van der Waals surface area contributed by atoms with Crippen LogP contribution in [0.15, 0.2) is 81.8 Å². The van der Waals surface area contributed by atoms with Gasteiger partial charge in [0, 0.05) is 52.7 Å². The summed E-state index contributed by atoms with van der Waals surface area (Å²) in [5, 5.41) is 17.8. The van der Waals surface area contributed by atoms with E-state index < -0.39 is 5.91 Å². The van der Waals surface area contributed by atoms with Crippen molar-refractivity contribution in [2.75, 3.05) is 36.6 Å². The number of nitrogens with two attached hydrogens (primary N) is 1. The van der Waals surface area contributed by atoms with Gasteiger partial charge in [0.05, 0.1) is 5.69 Å². The number of benzene rings is 2. The summed E-state index contributed by atoms with van der Waals surface area (Å²) in [7, 11) is 0. The van der Waals surface area contributed by atoms with Crippen LogP contribution in [0.2, 0.25) is 0 Å². The number of likely N-dealkylation sites (tertiary alicyclic amines) is 1. The Bertz CT molecular complexity index is 1690. The fourth-order valence-corrected chi connectivity index (χ4v) is 6.21. The number of primary amides is 1. The molecule has 0 atom stereocenters. The third kappa shape index (κ3) is 6.56. The molecule has 4 aromatic rings. The summed E-state index contributed by atoms with van der Waals surface area (Å²) in [6.07, 6.45) is 3.17. The van der Waals surface area contributed by atoms with Crippen molar-refractivity contribution in [1.82, 2.24) is 20.2 Å². The average Bonchev–Trinajstić information content (AvgIpc) is 3.82. The molecule has 1 saturated heterocycles. The van der Waals surface area contributed by atoms with Crippen LogP contribution in [0.25, 0.3) is 11.3 Å². The van der Waals surface area contributed by atoms with Crippen LogP contribution in [0.1, 0.15) is 28.8 Å². The van der Waals surface area contributed by atoms with Crippen molar-refractivity contribution in [2.24, 2.45) is 21.9 Å². The standard InChI is InChI=1S/C30H29N9O3S2/c31-26(40)21-10-14-38(15-11-21)16-12-32-27(41)22-8-6-19(7-9-22)23-18-44-30(34-23)39-28(42)25(35-36-29-33-13-17-43-29)24(37-39)20-4-2-1-3-5-20/h1-9,13,17-18,21H,10-12,14-16H2,(H2,31,40)(H,32,41)(H,33,36). The topological polar surface area (TPSA) is 158 Å². The number of carbonyl (C=O) groups excluding carboxylic acids is 3. The van der Waals surface area contributed by atoms with E-state index in [0.29, 0.717) is 40.3 Å². The minimum absolute atomic E-state index is 0.0496. The first-order chi connectivity index (χ1) is 21.5. The highest BCUT2D eigenvalue weighted by atomic mass is 32.1. The zero-order valence-electron chi connectivity index (χ0n) is 23.6. The summed E-state index contributed by atoms with van der Waals surface area (Å²) >= 11 is 2.66. The lowest BCUT2D eigenvalue weighted by Crippen LogP contribution is -2.42. The number of rotatable bonds is 10. The van der Waals surface area contributed by atoms with E-state index in [4.69, 9.17) is 5.73 Å². The first kappa shape index (κ1) is 29.3. The summed E-state index contributed by atoms with van der Waals surface area (Å²) < 4.78 is 0. The average molecular weight is 628 g/mol. The molecule has 4 N–H and O–H groups in total. The van der Waals surface area contributed by atoms with Crippen molar-refractivity contribution >= 4 is 62.1 Å². The smallest absolute Gasteiger partial charge is 0.303 e. The molecule has 44 heavy (non-hydrogen) atoms. The van der Waals surface area contributed by atoms with Crippen molar-refractivity contribution in [3.05, 3.63) is 82.7 Å². The third-order valence-electron chi connectivity index (χ3n) is 7.38. The predicted molar refractivity (Wildman–Crippen MR) is 172 cm³/mol. The van der Waals surface area contributed by atoms with Gasteiger partial charge in [-0.3, -0.25) is 19.8 Å². The van der Waals surface area contributed by atoms with Crippen molar-refractivity contribution < 1.29 is 14.4 Å². The second-order valence-corrected chi connectivity index (χ2v) is 11.9. The fourth-order valence-electron chi connectivity index (χ4n) is 4.95. The Kier molecular flexibility index (Phi) is 8.81. The van der Waals surface area contributed by atoms with Crippen LogP contribution in [-0.4, -0.2) is 70.2 Å². The van der Waals surface area contributed by atoms with E-state index in [2.05, 4.69) is 35.8 Å². The van der Waals surface area contributed by atoms with E-state index in [0.717, 1.165) is 37.1 Å². The normalized spacial score (nSPS) is 16.7. The molecule has 0 spiro atoms. The Balaban J connectivity index is 1.10. The number of hydrogen-bond acceptors (Lipinski definition) is 11. The molecular formula is C30H29N9O3S2. The van der Waals surface area contributed by atoms with Gasteiger partial charge in [0.1, 0.15) is 5.71 Å². The first-order valence-corrected chi connectivity index (χ1v) is 15.8. The summed E-state index contributed by atoms with van der Waals surface area (Å²) in [4.78, 5) is 48.6. The van der Waals surface area contributed by atoms with Crippen LogP contribution in [0, 0.1) is 5.92 Å². The molecule has 12 nitrogen and oxygen atoms in total. The number of hydrogen-bond donors (Lipinski definition) is 3. The maximum Gasteiger partial charge on any atom is 0.303 e. The lowest BCUT2D eigenvalue weighted by Gasteiger charge is -2.30. The van der Waals surface area contributed by atoms with Gasteiger partial charge < -0.3 is 16.0 Å². The highest BCUT2D eigenvalue weighted by Gasteiger charge is 2.36. The Morgan fingerprint density at radius 3 is 2.50 bits per heavy atom. The van der Waals surface area contributed by atoms with Crippen molar-refractivity contribution in [1.29, 1.82) is 0 Å². The quantitative estimate of drug-likeness (QED) is 0.227. The van der Waals surface area contributed by atoms with Gasteiger partial charge in [-0.1, -0.05) is 42.5 Å². The second kappa shape index (κ2) is 13.2. The highest BCUT2D eigenvalue weighted by Crippen LogP contribution is 2.30. The minimum Gasteiger partial charge on any atom is -0.369 e. The molecule has 2 aromatic carbocycles. The summed E-state index contributed by atoms with van der Waals surface area (Å²) in [6.45, 7) is 2.83. The molecule has 6 rings (SSSR count). The van der Waals surface area contributed by atoms with E-state index >= 15 is 0 Å². The number of carbonyl (C=O) groups is 3. The molecule has 1 fully saturated rings. The number of aromatic nitrogens is 2. The van der Waals surface area contributed by atoms with Crippen LogP contribution < -0.4 is 21.5 Å². The van der Waals surface area contributed by atoms with Crippen LogP contribution in [-0.2, 0) is 9.59 Å². The van der Waals surface area contributed by atoms with E-state index in [1.807, 2.05) is 53.2 Å². The maximum atomic E-state index is 13.5. The molecule has 0 radical (unpaired) electrons. The molecule has 224 valence electrons. The largest absolute Gasteiger partial charge is 0.369 e. The van der Waals surface area contributed by atoms with Crippen LogP contribution in [0.4, 0.5) is 10.3 Å². The predicted octanol–water partition coefficient (Wildman–Crippen LogP) is 3.41. The van der Waals surface area contributed by atoms with Gasteiger partial charge in [0.15, 0.2) is 5.71 Å². The lowest BCUT2D eigenvalue weighted by atomic mass is 9.96. The number of amides is 3. The van der Waals surface area contributed by atoms with Gasteiger partial charge in [-0.2, -0.15) is 15.2 Å². The molecular weight excluding hydrogens is 599 g/mol. The Morgan fingerprint density at radius 2 is 1.80 bits per heavy atom. The van der Waals surface area contributed by atoms with Crippen LogP contribution in [0.5, 0.6) is 0 Å². The maximum absolute atomic E-state index is 13.5. The Morgan fingerprint density at radius 1 is 1.02 bits per heavy atom. The van der Waals surface area contributed by atoms with E-state index in [9.17, 15) is 14.4 Å². The molecule has 2 aliphatic heterocycles. The van der Waals surface area contributed by atoms with Crippen LogP contribution >= 0.6 is 22.7 Å². The van der Waals surface area contributed by atoms with Crippen LogP contribution in [0.3, 0.4) is 0 Å². The van der Waals surface area contributed by atoms with Gasteiger partial charge in [-0.25, -0.2) is 9.97 Å². The number of nitrogens with zero attached hydrogens (tertiary/aromatic N) is 6.